The molecule has 0 radical (unpaired) electrons. The summed E-state index contributed by atoms with van der Waals surface area (Å²) in [5.41, 5.74) is 0.694. The summed E-state index contributed by atoms with van der Waals surface area (Å²) in [5, 5.41) is 10.6. The number of halogens is 2. The van der Waals surface area contributed by atoms with Gasteiger partial charge in [0, 0.05) is 24.7 Å². The van der Waals surface area contributed by atoms with Crippen molar-refractivity contribution in [1.82, 2.24) is 14.5 Å². The van der Waals surface area contributed by atoms with E-state index in [0.29, 0.717) is 10.6 Å². The van der Waals surface area contributed by atoms with Crippen molar-refractivity contribution in [2.45, 2.75) is 4.90 Å². The monoisotopic (exact) mass is 440 g/mol. The number of nitrogens with zero attached hydrogens (tertiary/aromatic N) is 3. The number of hydrogen-bond acceptors (Lipinski definition) is 6. The number of benzene rings is 2. The van der Waals surface area contributed by atoms with E-state index < -0.39 is 15.9 Å². The molecule has 8 nitrogen and oxygen atoms in total. The van der Waals surface area contributed by atoms with Crippen molar-refractivity contribution in [3.63, 3.8) is 0 Å². The molecule has 0 spiro atoms. The van der Waals surface area contributed by atoms with Gasteiger partial charge in [0.05, 0.1) is 15.5 Å². The highest BCUT2D eigenvalue weighted by atomic mass is 35.5. The van der Waals surface area contributed by atoms with Gasteiger partial charge in [-0.05, 0) is 42.5 Å². The van der Waals surface area contributed by atoms with E-state index in [1.54, 1.807) is 0 Å². The molecule has 3 aromatic rings. The van der Waals surface area contributed by atoms with Crippen LogP contribution in [-0.4, -0.2) is 42.9 Å². The normalized spacial score (nSPS) is 11.6. The third-order valence-electron chi connectivity index (χ3n) is 3.70. The van der Waals surface area contributed by atoms with Crippen molar-refractivity contribution in [1.29, 1.82) is 0 Å². The molecule has 1 N–H and O–H groups in total. The Morgan fingerprint density at radius 1 is 1.07 bits per heavy atom. The Hall–Kier alpha value is -2.46. The second-order valence-electron chi connectivity index (χ2n) is 5.80. The molecule has 0 aliphatic carbocycles. The number of carbonyl (C=O) groups is 1. The molecule has 0 saturated heterocycles. The second kappa shape index (κ2) is 7.88. The van der Waals surface area contributed by atoms with Gasteiger partial charge in [-0.15, -0.1) is 5.10 Å². The molecule has 146 valence electrons. The van der Waals surface area contributed by atoms with Crippen LogP contribution in [0.25, 0.3) is 11.5 Å². The molecule has 0 aliphatic rings. The van der Waals surface area contributed by atoms with Gasteiger partial charge in [-0.3, -0.25) is 10.1 Å². The van der Waals surface area contributed by atoms with E-state index in [9.17, 15) is 13.2 Å². The molecule has 0 saturated carbocycles. The molecule has 0 aliphatic heterocycles. The van der Waals surface area contributed by atoms with Crippen molar-refractivity contribution in [3.8, 4) is 11.5 Å². The standard InChI is InChI=1S/C17H14Cl2N4O4S/c1-23(2)28(25,26)12-6-3-10(4-7-12)16-21-22-17(27-16)20-15(24)13-8-5-11(18)9-14(13)19/h3-9H,1-2H3,(H,20,22,24). The van der Waals surface area contributed by atoms with Crippen LogP contribution in [0.4, 0.5) is 6.01 Å². The SMILES string of the molecule is CN(C)S(=O)(=O)c1ccc(-c2nnc(NC(=O)c3ccc(Cl)cc3Cl)o2)cc1. The first-order valence-electron chi connectivity index (χ1n) is 7.81. The molecular formula is C17H14Cl2N4O4S. The average Bonchev–Trinajstić information content (AvgIpc) is 3.10. The molecule has 1 aromatic heterocycles. The fraction of sp³-hybridized carbons (Fsp3) is 0.118. The van der Waals surface area contributed by atoms with E-state index in [4.69, 9.17) is 27.6 Å². The van der Waals surface area contributed by atoms with Crippen LogP contribution in [0, 0.1) is 0 Å². The van der Waals surface area contributed by atoms with E-state index in [-0.39, 0.29) is 27.4 Å². The van der Waals surface area contributed by atoms with E-state index >= 15 is 0 Å². The smallest absolute Gasteiger partial charge is 0.322 e. The number of aromatic nitrogens is 2. The van der Waals surface area contributed by atoms with E-state index in [1.165, 1.54) is 56.6 Å². The number of sulfonamides is 1. The molecule has 1 heterocycles. The fourth-order valence-corrected chi connectivity index (χ4v) is 3.60. The Labute approximate surface area is 171 Å². The Morgan fingerprint density at radius 3 is 2.36 bits per heavy atom. The zero-order valence-electron chi connectivity index (χ0n) is 14.7. The van der Waals surface area contributed by atoms with E-state index in [2.05, 4.69) is 15.5 Å². The minimum Gasteiger partial charge on any atom is -0.403 e. The van der Waals surface area contributed by atoms with Crippen LogP contribution in [0.3, 0.4) is 0 Å². The summed E-state index contributed by atoms with van der Waals surface area (Å²) in [6.45, 7) is 0. The lowest BCUT2D eigenvalue weighted by Crippen LogP contribution is -2.22. The lowest BCUT2D eigenvalue weighted by molar-refractivity contribution is 0.102. The van der Waals surface area contributed by atoms with Crippen molar-refractivity contribution >= 4 is 45.1 Å². The van der Waals surface area contributed by atoms with Gasteiger partial charge in [-0.25, -0.2) is 12.7 Å². The third kappa shape index (κ3) is 4.17. The van der Waals surface area contributed by atoms with Gasteiger partial charge in [0.15, 0.2) is 0 Å². The van der Waals surface area contributed by atoms with Crippen LogP contribution in [-0.2, 0) is 10.0 Å². The topological polar surface area (TPSA) is 105 Å². The molecule has 0 atom stereocenters. The Balaban J connectivity index is 1.78. The number of anilines is 1. The average molecular weight is 441 g/mol. The molecule has 1 amide bonds. The highest BCUT2D eigenvalue weighted by Crippen LogP contribution is 2.24. The van der Waals surface area contributed by atoms with Gasteiger partial charge in [-0.2, -0.15) is 0 Å². The largest absolute Gasteiger partial charge is 0.403 e. The lowest BCUT2D eigenvalue weighted by atomic mass is 10.2. The number of rotatable bonds is 5. The molecule has 0 unspecified atom stereocenters. The van der Waals surface area contributed by atoms with Crippen molar-refractivity contribution in [3.05, 3.63) is 58.1 Å². The van der Waals surface area contributed by atoms with Crippen molar-refractivity contribution < 1.29 is 17.6 Å². The Bertz CT molecular complexity index is 1130. The molecule has 0 fully saturated rings. The Morgan fingerprint density at radius 2 is 1.75 bits per heavy atom. The summed E-state index contributed by atoms with van der Waals surface area (Å²) in [6.07, 6.45) is 0. The Kier molecular flexibility index (Phi) is 5.71. The quantitative estimate of drug-likeness (QED) is 0.649. The predicted molar refractivity (Wildman–Crippen MR) is 105 cm³/mol. The molecule has 11 heteroatoms. The van der Waals surface area contributed by atoms with Crippen LogP contribution in [0.15, 0.2) is 51.8 Å². The highest BCUT2D eigenvalue weighted by molar-refractivity contribution is 7.89. The first kappa shape index (κ1) is 20.3. The summed E-state index contributed by atoms with van der Waals surface area (Å²) in [7, 11) is -0.641. The molecule has 28 heavy (non-hydrogen) atoms. The molecule has 2 aromatic carbocycles. The van der Waals surface area contributed by atoms with Crippen LogP contribution in [0.2, 0.25) is 10.0 Å². The van der Waals surface area contributed by atoms with E-state index in [1.807, 2.05) is 0 Å². The first-order chi connectivity index (χ1) is 13.2. The van der Waals surface area contributed by atoms with Crippen LogP contribution < -0.4 is 5.32 Å². The lowest BCUT2D eigenvalue weighted by Gasteiger charge is -2.11. The highest BCUT2D eigenvalue weighted by Gasteiger charge is 2.18. The van der Waals surface area contributed by atoms with Gasteiger partial charge >= 0.3 is 6.01 Å². The van der Waals surface area contributed by atoms with Gasteiger partial charge in [-0.1, -0.05) is 28.3 Å². The first-order valence-corrected chi connectivity index (χ1v) is 10.0. The number of amides is 1. The van der Waals surface area contributed by atoms with Gasteiger partial charge < -0.3 is 4.42 Å². The maximum absolute atomic E-state index is 12.3. The second-order valence-corrected chi connectivity index (χ2v) is 8.80. The van der Waals surface area contributed by atoms with Crippen LogP contribution in [0.1, 0.15) is 10.4 Å². The summed E-state index contributed by atoms with van der Waals surface area (Å²) in [6, 6.07) is 10.3. The third-order valence-corrected chi connectivity index (χ3v) is 6.08. The maximum atomic E-state index is 12.3. The number of carbonyl (C=O) groups excluding carboxylic acids is 1. The molecule has 0 bridgehead atoms. The number of hydrogen-bond donors (Lipinski definition) is 1. The van der Waals surface area contributed by atoms with Gasteiger partial charge in [0.25, 0.3) is 5.91 Å². The number of nitrogens with one attached hydrogen (secondary N) is 1. The summed E-state index contributed by atoms with van der Waals surface area (Å²) in [4.78, 5) is 12.4. The maximum Gasteiger partial charge on any atom is 0.322 e. The molecule has 3 rings (SSSR count). The summed E-state index contributed by atoms with van der Waals surface area (Å²) >= 11 is 11.8. The van der Waals surface area contributed by atoms with Gasteiger partial charge in [0.2, 0.25) is 15.9 Å². The van der Waals surface area contributed by atoms with Crippen LogP contribution >= 0.6 is 23.2 Å². The minimum absolute atomic E-state index is 0.117. The van der Waals surface area contributed by atoms with Crippen molar-refractivity contribution in [2.24, 2.45) is 0 Å². The summed E-state index contributed by atoms with van der Waals surface area (Å²) < 4.78 is 30.7. The fourth-order valence-electron chi connectivity index (χ4n) is 2.21. The molecular weight excluding hydrogens is 427 g/mol. The summed E-state index contributed by atoms with van der Waals surface area (Å²) in [5.74, 6) is -0.421. The van der Waals surface area contributed by atoms with Gasteiger partial charge in [0.1, 0.15) is 0 Å². The predicted octanol–water partition coefficient (Wildman–Crippen LogP) is 3.55. The van der Waals surface area contributed by atoms with Crippen molar-refractivity contribution in [2.75, 3.05) is 19.4 Å². The zero-order chi connectivity index (χ0) is 20.5. The zero-order valence-corrected chi connectivity index (χ0v) is 17.0. The minimum atomic E-state index is -3.54. The van der Waals surface area contributed by atoms with Crippen LogP contribution in [0.5, 0.6) is 0 Å². The van der Waals surface area contributed by atoms with E-state index in [0.717, 1.165) is 4.31 Å².